The number of ether oxygens (including phenoxy) is 3. The Kier molecular flexibility index (Phi) is 10.0. The summed E-state index contributed by atoms with van der Waals surface area (Å²) < 4.78 is 52.7. The molecule has 0 heterocycles. The maximum atomic E-state index is 12.6. The maximum Gasteiger partial charge on any atom is 0.389 e. The molecule has 0 saturated carbocycles. The number of carbonyl (C=O) groups is 2. The van der Waals surface area contributed by atoms with Gasteiger partial charge in [0, 0.05) is 23.4 Å². The summed E-state index contributed by atoms with van der Waals surface area (Å²) in [6.45, 7) is -0.111. The van der Waals surface area contributed by atoms with Crippen molar-refractivity contribution in [3.63, 3.8) is 0 Å². The zero-order chi connectivity index (χ0) is 29.3. The fourth-order valence-corrected chi connectivity index (χ4v) is 3.78. The number of benzene rings is 3. The predicted molar refractivity (Wildman–Crippen MR) is 144 cm³/mol. The highest BCUT2D eigenvalue weighted by Crippen LogP contribution is 2.30. The van der Waals surface area contributed by atoms with E-state index in [1.54, 1.807) is 30.3 Å². The van der Waals surface area contributed by atoms with E-state index in [9.17, 15) is 27.9 Å². The molecule has 0 aliphatic rings. The lowest BCUT2D eigenvalue weighted by Crippen LogP contribution is -2.10. The lowest BCUT2D eigenvalue weighted by atomic mass is 10.0. The van der Waals surface area contributed by atoms with E-state index in [4.69, 9.17) is 25.7 Å². The summed E-state index contributed by atoms with van der Waals surface area (Å²) in [5.41, 5.74) is 14.3. The van der Waals surface area contributed by atoms with Crippen LogP contribution in [0.15, 0.2) is 66.2 Å². The lowest BCUT2D eigenvalue weighted by Gasteiger charge is -2.11. The van der Waals surface area contributed by atoms with Crippen molar-refractivity contribution in [2.24, 2.45) is 0 Å². The van der Waals surface area contributed by atoms with Gasteiger partial charge in [-0.3, -0.25) is 0 Å². The molecule has 11 heteroatoms. The molecule has 0 saturated heterocycles. The van der Waals surface area contributed by atoms with Gasteiger partial charge in [0.05, 0.1) is 19.3 Å². The van der Waals surface area contributed by atoms with Crippen molar-refractivity contribution >= 4 is 29.4 Å². The van der Waals surface area contributed by atoms with Gasteiger partial charge in [-0.2, -0.15) is 13.2 Å². The number of nitrogens with two attached hydrogens (primary N) is 2. The second-order valence-corrected chi connectivity index (χ2v) is 8.87. The van der Waals surface area contributed by atoms with Gasteiger partial charge in [0.1, 0.15) is 5.75 Å². The number of rotatable bonds is 12. The molecule has 0 unspecified atom stereocenters. The van der Waals surface area contributed by atoms with Crippen molar-refractivity contribution in [2.75, 3.05) is 25.2 Å². The number of nitrogen functional groups attached to an aromatic ring is 2. The summed E-state index contributed by atoms with van der Waals surface area (Å²) in [5, 5.41) is 9.69. The van der Waals surface area contributed by atoms with Crippen molar-refractivity contribution in [1.82, 2.24) is 0 Å². The number of hydrogen-bond donors (Lipinski definition) is 3. The molecule has 0 aliphatic heterocycles. The second-order valence-electron chi connectivity index (χ2n) is 8.87. The van der Waals surface area contributed by atoms with Crippen LogP contribution >= 0.6 is 0 Å². The Labute approximate surface area is 229 Å². The summed E-state index contributed by atoms with van der Waals surface area (Å²) >= 11 is 0. The predicted octanol–water partition coefficient (Wildman–Crippen LogP) is 5.90. The largest absolute Gasteiger partial charge is 0.494 e. The summed E-state index contributed by atoms with van der Waals surface area (Å²) in [6.07, 6.45) is -3.22. The van der Waals surface area contributed by atoms with E-state index in [0.29, 0.717) is 29.1 Å². The van der Waals surface area contributed by atoms with Crippen LogP contribution in [0.2, 0.25) is 0 Å². The minimum absolute atomic E-state index is 0.111. The second kappa shape index (κ2) is 13.4. The van der Waals surface area contributed by atoms with E-state index in [1.807, 2.05) is 0 Å². The number of aliphatic carboxylic acids is 1. The number of carboxylic acids is 1. The maximum absolute atomic E-state index is 12.6. The van der Waals surface area contributed by atoms with E-state index < -0.39 is 24.5 Å². The summed E-state index contributed by atoms with van der Waals surface area (Å²) in [6, 6.07) is 15.5. The number of aryl methyl sites for hydroxylation is 1. The van der Waals surface area contributed by atoms with Gasteiger partial charge in [-0.05, 0) is 91.1 Å². The first-order valence-electron chi connectivity index (χ1n) is 12.2. The quantitative estimate of drug-likeness (QED) is 0.0822. The van der Waals surface area contributed by atoms with Crippen molar-refractivity contribution in [3.8, 4) is 17.2 Å². The molecular weight excluding hydrogens is 529 g/mol. The molecule has 0 bridgehead atoms. The Hall–Kier alpha value is -4.67. The molecular formula is C29H29F3N2O6. The number of carboxylic acid groups (broad SMARTS) is 1. The monoisotopic (exact) mass is 558 g/mol. The number of methoxy groups -OCH3 is 1. The molecule has 3 aromatic carbocycles. The molecule has 0 spiro atoms. The smallest absolute Gasteiger partial charge is 0.389 e. The molecule has 8 nitrogen and oxygen atoms in total. The van der Waals surface area contributed by atoms with Crippen LogP contribution in [-0.2, 0) is 11.2 Å². The third-order valence-electron chi connectivity index (χ3n) is 5.69. The molecule has 0 atom stereocenters. The van der Waals surface area contributed by atoms with Crippen LogP contribution in [0.4, 0.5) is 24.5 Å². The molecule has 0 fully saturated rings. The Morgan fingerprint density at radius 2 is 1.62 bits per heavy atom. The van der Waals surface area contributed by atoms with Gasteiger partial charge < -0.3 is 30.8 Å². The highest BCUT2D eigenvalue weighted by molar-refractivity contribution is 5.93. The average molecular weight is 559 g/mol. The Morgan fingerprint density at radius 3 is 2.23 bits per heavy atom. The number of carbonyl (C=O) groups excluding carboxylic acids is 1. The SMILES string of the molecule is COc1cc(C=C(CCc2cc(N)cc(N)c2)C(=O)O)ccc1OC(=O)c1ccc(OCCCC(F)(F)F)cc1. The van der Waals surface area contributed by atoms with E-state index in [1.165, 1.54) is 43.5 Å². The topological polar surface area (TPSA) is 134 Å². The summed E-state index contributed by atoms with van der Waals surface area (Å²) in [5.74, 6) is -1.14. The van der Waals surface area contributed by atoms with Gasteiger partial charge >= 0.3 is 18.1 Å². The minimum Gasteiger partial charge on any atom is -0.494 e. The number of anilines is 2. The van der Waals surface area contributed by atoms with Crippen LogP contribution < -0.4 is 25.7 Å². The number of hydrogen-bond acceptors (Lipinski definition) is 7. The van der Waals surface area contributed by atoms with E-state index >= 15 is 0 Å². The van der Waals surface area contributed by atoms with Gasteiger partial charge in [0.15, 0.2) is 11.5 Å². The molecule has 0 aromatic heterocycles. The normalized spacial score (nSPS) is 11.7. The van der Waals surface area contributed by atoms with Gasteiger partial charge in [0.2, 0.25) is 0 Å². The molecule has 5 N–H and O–H groups in total. The third-order valence-corrected chi connectivity index (χ3v) is 5.69. The van der Waals surface area contributed by atoms with Gasteiger partial charge in [-0.1, -0.05) is 6.07 Å². The van der Waals surface area contributed by atoms with Crippen LogP contribution in [0.1, 0.15) is 40.7 Å². The van der Waals surface area contributed by atoms with E-state index in [-0.39, 0.29) is 42.1 Å². The molecule has 0 aliphatic carbocycles. The van der Waals surface area contributed by atoms with Gasteiger partial charge in [0.25, 0.3) is 0 Å². The minimum atomic E-state index is -4.24. The average Bonchev–Trinajstić information content (AvgIpc) is 2.88. The van der Waals surface area contributed by atoms with Crippen LogP contribution in [0.25, 0.3) is 6.08 Å². The fraction of sp³-hybridized carbons (Fsp3) is 0.241. The van der Waals surface area contributed by atoms with Gasteiger partial charge in [-0.15, -0.1) is 0 Å². The van der Waals surface area contributed by atoms with Crippen LogP contribution in [0.3, 0.4) is 0 Å². The Morgan fingerprint density at radius 1 is 0.950 bits per heavy atom. The lowest BCUT2D eigenvalue weighted by molar-refractivity contribution is -0.136. The molecule has 0 amide bonds. The Bertz CT molecular complexity index is 1350. The molecule has 0 radical (unpaired) electrons. The van der Waals surface area contributed by atoms with E-state index in [2.05, 4.69) is 0 Å². The highest BCUT2D eigenvalue weighted by Gasteiger charge is 2.26. The first-order chi connectivity index (χ1) is 18.9. The zero-order valence-corrected chi connectivity index (χ0v) is 21.7. The standard InChI is InChI=1S/C29H29F3N2O6/c1-38-26-16-18(13-21(27(35)36)5-3-19-14-22(33)17-23(34)15-19)4-10-25(26)40-28(37)20-6-8-24(9-7-20)39-12-2-11-29(30,31)32/h4,6-10,13-17H,2-3,5,11-12,33-34H2,1H3,(H,35,36). The van der Waals surface area contributed by atoms with Crippen LogP contribution in [0.5, 0.6) is 17.2 Å². The van der Waals surface area contributed by atoms with Crippen LogP contribution in [0, 0.1) is 0 Å². The van der Waals surface area contributed by atoms with Crippen molar-refractivity contribution in [3.05, 3.63) is 82.9 Å². The van der Waals surface area contributed by atoms with Crippen molar-refractivity contribution in [2.45, 2.75) is 31.9 Å². The first kappa shape index (κ1) is 29.9. The third kappa shape index (κ3) is 9.26. The zero-order valence-electron chi connectivity index (χ0n) is 21.7. The molecule has 3 aromatic rings. The Balaban J connectivity index is 1.65. The van der Waals surface area contributed by atoms with Crippen LogP contribution in [-0.4, -0.2) is 36.9 Å². The number of halogens is 3. The molecule has 3 rings (SSSR count). The molecule has 40 heavy (non-hydrogen) atoms. The van der Waals surface area contributed by atoms with Crippen molar-refractivity contribution in [1.29, 1.82) is 0 Å². The molecule has 212 valence electrons. The van der Waals surface area contributed by atoms with Crippen molar-refractivity contribution < 1.29 is 42.1 Å². The summed E-state index contributed by atoms with van der Waals surface area (Å²) in [4.78, 5) is 24.5. The van der Waals surface area contributed by atoms with E-state index in [0.717, 1.165) is 5.56 Å². The summed E-state index contributed by atoms with van der Waals surface area (Å²) in [7, 11) is 1.38. The number of esters is 1. The first-order valence-corrected chi connectivity index (χ1v) is 12.2. The van der Waals surface area contributed by atoms with Gasteiger partial charge in [-0.25, -0.2) is 9.59 Å². The fourth-order valence-electron chi connectivity index (χ4n) is 3.78. The highest BCUT2D eigenvalue weighted by atomic mass is 19.4. The number of alkyl halides is 3.